The number of rotatable bonds is 4. The molecular weight excluding hydrogens is 353 g/mol. The fraction of sp³-hybridized carbons (Fsp3) is 0.667. The van der Waals surface area contributed by atoms with Crippen molar-refractivity contribution in [2.24, 2.45) is 5.92 Å². The van der Waals surface area contributed by atoms with E-state index in [1.165, 1.54) is 44.2 Å². The van der Waals surface area contributed by atoms with Crippen molar-refractivity contribution in [1.29, 1.82) is 0 Å². The molecule has 1 saturated heterocycles. The number of halogens is 4. The Morgan fingerprint density at radius 1 is 1.00 bits per heavy atom. The van der Waals surface area contributed by atoms with Crippen LogP contribution in [0.2, 0.25) is 0 Å². The van der Waals surface area contributed by atoms with Gasteiger partial charge in [0, 0.05) is 32.2 Å². The zero-order valence-corrected chi connectivity index (χ0v) is 15.0. The summed E-state index contributed by atoms with van der Waals surface area (Å²) >= 11 is 0. The molecule has 142 valence electrons. The van der Waals surface area contributed by atoms with Crippen LogP contribution >= 0.6 is 12.4 Å². The number of ether oxygens (including phenoxy) is 1. The molecule has 1 saturated carbocycles. The average Bonchev–Trinajstić information content (AvgIpc) is 2.57. The number of benzene rings is 1. The van der Waals surface area contributed by atoms with E-state index in [2.05, 4.69) is 15.0 Å². The van der Waals surface area contributed by atoms with Crippen LogP contribution in [0, 0.1) is 5.92 Å². The van der Waals surface area contributed by atoms with E-state index >= 15 is 0 Å². The van der Waals surface area contributed by atoms with E-state index in [1.54, 1.807) is 0 Å². The molecule has 1 aromatic rings. The largest absolute Gasteiger partial charge is 0.573 e. The lowest BCUT2D eigenvalue weighted by molar-refractivity contribution is -0.274. The lowest BCUT2D eigenvalue weighted by Gasteiger charge is -2.41. The Labute approximate surface area is 153 Å². The van der Waals surface area contributed by atoms with Crippen molar-refractivity contribution in [2.75, 3.05) is 26.2 Å². The normalized spacial score (nSPS) is 21.4. The van der Waals surface area contributed by atoms with Gasteiger partial charge in [0.2, 0.25) is 0 Å². The predicted molar refractivity (Wildman–Crippen MR) is 94.1 cm³/mol. The third kappa shape index (κ3) is 5.76. The molecule has 3 rings (SSSR count). The van der Waals surface area contributed by atoms with Crippen LogP contribution in [0.1, 0.15) is 43.7 Å². The van der Waals surface area contributed by atoms with Gasteiger partial charge in [-0.3, -0.25) is 4.90 Å². The average molecular weight is 379 g/mol. The Bertz CT molecular complexity index is 494. The first-order chi connectivity index (χ1) is 11.5. The lowest BCUT2D eigenvalue weighted by atomic mass is 9.80. The fourth-order valence-electron chi connectivity index (χ4n) is 4.06. The number of nitrogens with zero attached hydrogens (tertiary/aromatic N) is 1. The van der Waals surface area contributed by atoms with Crippen molar-refractivity contribution in [2.45, 2.75) is 44.5 Å². The van der Waals surface area contributed by atoms with E-state index in [9.17, 15) is 13.2 Å². The van der Waals surface area contributed by atoms with Crippen LogP contribution in [0.15, 0.2) is 24.3 Å². The molecule has 0 amide bonds. The van der Waals surface area contributed by atoms with Gasteiger partial charge in [0.15, 0.2) is 0 Å². The van der Waals surface area contributed by atoms with Crippen molar-refractivity contribution >= 4 is 12.4 Å². The molecule has 1 atom stereocenters. The molecule has 0 aromatic heterocycles. The van der Waals surface area contributed by atoms with Crippen molar-refractivity contribution in [1.82, 2.24) is 10.2 Å². The number of hydrogen-bond acceptors (Lipinski definition) is 3. The number of alkyl halides is 3. The Balaban J connectivity index is 0.00000225. The molecular formula is C18H26ClF3N2O. The molecule has 0 radical (unpaired) electrons. The summed E-state index contributed by atoms with van der Waals surface area (Å²) in [6, 6.07) is 6.80. The maximum Gasteiger partial charge on any atom is 0.573 e. The van der Waals surface area contributed by atoms with E-state index in [0.717, 1.165) is 31.7 Å². The second-order valence-corrected chi connectivity index (χ2v) is 6.75. The molecule has 2 aliphatic rings. The van der Waals surface area contributed by atoms with Gasteiger partial charge >= 0.3 is 6.36 Å². The Hall–Kier alpha value is -0.980. The summed E-state index contributed by atoms with van der Waals surface area (Å²) < 4.78 is 41.0. The van der Waals surface area contributed by atoms with Gasteiger partial charge in [-0.15, -0.1) is 25.6 Å². The van der Waals surface area contributed by atoms with Gasteiger partial charge in [0.25, 0.3) is 0 Å². The van der Waals surface area contributed by atoms with Crippen LogP contribution < -0.4 is 10.1 Å². The first kappa shape index (κ1) is 20.3. The van der Waals surface area contributed by atoms with Crippen LogP contribution in [-0.2, 0) is 0 Å². The number of nitrogens with one attached hydrogen (secondary N) is 1. The smallest absolute Gasteiger partial charge is 0.406 e. The van der Waals surface area contributed by atoms with Gasteiger partial charge in [-0.2, -0.15) is 0 Å². The monoisotopic (exact) mass is 378 g/mol. The Morgan fingerprint density at radius 2 is 1.60 bits per heavy atom. The topological polar surface area (TPSA) is 24.5 Å². The molecule has 1 aliphatic heterocycles. The summed E-state index contributed by atoms with van der Waals surface area (Å²) in [5, 5.41) is 3.37. The molecule has 25 heavy (non-hydrogen) atoms. The summed E-state index contributed by atoms with van der Waals surface area (Å²) in [5.74, 6) is 0.445. The third-order valence-corrected chi connectivity index (χ3v) is 5.10. The quantitative estimate of drug-likeness (QED) is 0.832. The van der Waals surface area contributed by atoms with E-state index in [1.807, 2.05) is 12.1 Å². The summed E-state index contributed by atoms with van der Waals surface area (Å²) in [4.78, 5) is 2.49. The van der Waals surface area contributed by atoms with Gasteiger partial charge in [-0.05, 0) is 36.5 Å². The molecule has 3 nitrogen and oxygen atoms in total. The van der Waals surface area contributed by atoms with Crippen LogP contribution in [0.4, 0.5) is 13.2 Å². The minimum absolute atomic E-state index is 0. The molecule has 1 N–H and O–H groups in total. The van der Waals surface area contributed by atoms with E-state index in [-0.39, 0.29) is 18.2 Å². The van der Waals surface area contributed by atoms with Crippen LogP contribution in [0.5, 0.6) is 5.75 Å². The third-order valence-electron chi connectivity index (χ3n) is 5.10. The molecule has 2 fully saturated rings. The zero-order chi connectivity index (χ0) is 17.0. The molecule has 1 aromatic carbocycles. The minimum Gasteiger partial charge on any atom is -0.406 e. The highest BCUT2D eigenvalue weighted by Crippen LogP contribution is 2.39. The molecule has 0 spiro atoms. The summed E-state index contributed by atoms with van der Waals surface area (Å²) in [5.41, 5.74) is 1.11. The van der Waals surface area contributed by atoms with Gasteiger partial charge < -0.3 is 10.1 Å². The predicted octanol–water partition coefficient (Wildman–Crippen LogP) is 4.53. The van der Waals surface area contributed by atoms with Crippen LogP contribution in [0.3, 0.4) is 0 Å². The number of piperazine rings is 1. The molecule has 7 heteroatoms. The first-order valence-corrected chi connectivity index (χ1v) is 8.83. The van der Waals surface area contributed by atoms with Gasteiger partial charge in [0.05, 0.1) is 0 Å². The second-order valence-electron chi connectivity index (χ2n) is 6.75. The fourth-order valence-corrected chi connectivity index (χ4v) is 4.06. The SMILES string of the molecule is Cl.FC(F)(F)Oc1ccc([C@H](C2CCCCC2)N2CCNCC2)cc1. The summed E-state index contributed by atoms with van der Waals surface area (Å²) in [6.45, 7) is 3.92. The Kier molecular flexibility index (Phi) is 7.40. The van der Waals surface area contributed by atoms with E-state index < -0.39 is 6.36 Å². The van der Waals surface area contributed by atoms with Crippen molar-refractivity contribution < 1.29 is 17.9 Å². The van der Waals surface area contributed by atoms with E-state index in [4.69, 9.17) is 0 Å². The van der Waals surface area contributed by atoms with Gasteiger partial charge in [0.1, 0.15) is 5.75 Å². The second kappa shape index (κ2) is 9.10. The summed E-state index contributed by atoms with van der Waals surface area (Å²) in [6.07, 6.45) is 1.57. The molecule has 1 aliphatic carbocycles. The lowest BCUT2D eigenvalue weighted by Crippen LogP contribution is -2.47. The first-order valence-electron chi connectivity index (χ1n) is 8.83. The standard InChI is InChI=1S/C18H25F3N2O.ClH/c19-18(20,21)24-16-8-6-15(7-9-16)17(14-4-2-1-3-5-14)23-12-10-22-11-13-23;/h6-9,14,17,22H,1-5,10-13H2;1H/t17-;/m0./s1. The van der Waals surface area contributed by atoms with Crippen molar-refractivity contribution in [3.63, 3.8) is 0 Å². The molecule has 0 bridgehead atoms. The van der Waals surface area contributed by atoms with Gasteiger partial charge in [-0.1, -0.05) is 31.4 Å². The summed E-state index contributed by atoms with van der Waals surface area (Å²) in [7, 11) is 0. The highest BCUT2D eigenvalue weighted by atomic mass is 35.5. The minimum atomic E-state index is -4.64. The van der Waals surface area contributed by atoms with Crippen molar-refractivity contribution in [3.05, 3.63) is 29.8 Å². The zero-order valence-electron chi connectivity index (χ0n) is 14.2. The Morgan fingerprint density at radius 3 is 2.16 bits per heavy atom. The highest BCUT2D eigenvalue weighted by molar-refractivity contribution is 5.85. The molecule has 0 unspecified atom stereocenters. The maximum absolute atomic E-state index is 12.3. The van der Waals surface area contributed by atoms with E-state index in [0.29, 0.717) is 12.0 Å². The van der Waals surface area contributed by atoms with Gasteiger partial charge in [-0.25, -0.2) is 0 Å². The van der Waals surface area contributed by atoms with Crippen LogP contribution in [0.25, 0.3) is 0 Å². The number of hydrogen-bond donors (Lipinski definition) is 1. The van der Waals surface area contributed by atoms with Crippen molar-refractivity contribution in [3.8, 4) is 5.75 Å². The maximum atomic E-state index is 12.3. The van der Waals surface area contributed by atoms with Crippen LogP contribution in [-0.4, -0.2) is 37.4 Å². The molecule has 1 heterocycles. The highest BCUT2D eigenvalue weighted by Gasteiger charge is 2.33.